The van der Waals surface area contributed by atoms with E-state index in [1.165, 1.54) is 0 Å². The van der Waals surface area contributed by atoms with Gasteiger partial charge in [0, 0.05) is 19.3 Å². The zero-order chi connectivity index (χ0) is 13.4. The fourth-order valence-electron chi connectivity index (χ4n) is 1.42. The summed E-state index contributed by atoms with van der Waals surface area (Å²) in [4.78, 5) is 11.6. The molecule has 0 aliphatic carbocycles. The molecule has 0 aliphatic rings. The molecule has 1 aromatic rings. The predicted octanol–water partition coefficient (Wildman–Crippen LogP) is 1.14. The number of carbonyl (C=O) groups is 1. The molecule has 0 spiro atoms. The highest BCUT2D eigenvalue weighted by Gasteiger charge is 2.06. The van der Waals surface area contributed by atoms with E-state index in [1.807, 2.05) is 31.2 Å². The van der Waals surface area contributed by atoms with Crippen LogP contribution in [0.4, 0.5) is 5.69 Å². The van der Waals surface area contributed by atoms with E-state index < -0.39 is 0 Å². The van der Waals surface area contributed by atoms with E-state index >= 15 is 0 Å². The first-order chi connectivity index (χ1) is 8.65. The highest BCUT2D eigenvalue weighted by molar-refractivity contribution is 5.91. The molecule has 0 heterocycles. The van der Waals surface area contributed by atoms with E-state index in [0.717, 1.165) is 11.3 Å². The van der Waals surface area contributed by atoms with Crippen molar-refractivity contribution in [3.8, 4) is 0 Å². The maximum atomic E-state index is 11.6. The molecular weight excluding hydrogens is 232 g/mol. The minimum Gasteiger partial charge on any atom is -0.382 e. The molecule has 1 rings (SSSR count). The standard InChI is InChI=1S/C13H20N2O3/c1-10(8-17-2)18-9-13(16)15-12-5-3-11(7-14)4-6-12/h3-6,10H,7-9,14H2,1-2H3,(H,15,16). The van der Waals surface area contributed by atoms with E-state index in [2.05, 4.69) is 5.32 Å². The summed E-state index contributed by atoms with van der Waals surface area (Å²) in [6.45, 7) is 2.83. The van der Waals surface area contributed by atoms with Crippen molar-refractivity contribution in [2.75, 3.05) is 25.6 Å². The Morgan fingerprint density at radius 3 is 2.61 bits per heavy atom. The van der Waals surface area contributed by atoms with Gasteiger partial charge in [-0.15, -0.1) is 0 Å². The summed E-state index contributed by atoms with van der Waals surface area (Å²) in [6.07, 6.45) is -0.0969. The van der Waals surface area contributed by atoms with Crippen LogP contribution < -0.4 is 11.1 Å². The van der Waals surface area contributed by atoms with Crippen molar-refractivity contribution in [1.82, 2.24) is 0 Å². The lowest BCUT2D eigenvalue weighted by Crippen LogP contribution is -2.24. The highest BCUT2D eigenvalue weighted by atomic mass is 16.5. The second-order valence-electron chi connectivity index (χ2n) is 4.03. The molecule has 0 aromatic heterocycles. The van der Waals surface area contributed by atoms with Gasteiger partial charge < -0.3 is 20.5 Å². The molecular formula is C13H20N2O3. The molecule has 0 radical (unpaired) electrons. The number of ether oxygens (including phenoxy) is 2. The Morgan fingerprint density at radius 1 is 1.39 bits per heavy atom. The average Bonchev–Trinajstić information content (AvgIpc) is 2.38. The average molecular weight is 252 g/mol. The van der Waals surface area contributed by atoms with Crippen molar-refractivity contribution in [3.05, 3.63) is 29.8 Å². The minimum absolute atomic E-state index is 0.0170. The fraction of sp³-hybridized carbons (Fsp3) is 0.462. The molecule has 1 amide bonds. The number of hydrogen-bond acceptors (Lipinski definition) is 4. The van der Waals surface area contributed by atoms with Crippen LogP contribution >= 0.6 is 0 Å². The second kappa shape index (κ2) is 7.81. The van der Waals surface area contributed by atoms with Gasteiger partial charge in [0.25, 0.3) is 0 Å². The summed E-state index contributed by atoms with van der Waals surface area (Å²) in [6, 6.07) is 7.39. The summed E-state index contributed by atoms with van der Waals surface area (Å²) in [5.41, 5.74) is 7.25. The van der Waals surface area contributed by atoms with E-state index in [1.54, 1.807) is 7.11 Å². The molecule has 1 atom stereocenters. The van der Waals surface area contributed by atoms with Crippen LogP contribution in [-0.4, -0.2) is 32.3 Å². The zero-order valence-corrected chi connectivity index (χ0v) is 10.8. The molecule has 1 aromatic carbocycles. The van der Waals surface area contributed by atoms with Crippen molar-refractivity contribution in [2.45, 2.75) is 19.6 Å². The first-order valence-electron chi connectivity index (χ1n) is 5.85. The maximum Gasteiger partial charge on any atom is 0.250 e. The lowest BCUT2D eigenvalue weighted by Gasteiger charge is -2.12. The molecule has 5 heteroatoms. The number of rotatable bonds is 7. The largest absolute Gasteiger partial charge is 0.382 e. The Bertz CT molecular complexity index is 365. The summed E-state index contributed by atoms with van der Waals surface area (Å²) in [5, 5.41) is 2.75. The lowest BCUT2D eigenvalue weighted by atomic mass is 10.2. The zero-order valence-electron chi connectivity index (χ0n) is 10.8. The number of carbonyl (C=O) groups excluding carboxylic acids is 1. The van der Waals surface area contributed by atoms with Gasteiger partial charge in [-0.25, -0.2) is 0 Å². The van der Waals surface area contributed by atoms with Crippen LogP contribution in [0.3, 0.4) is 0 Å². The number of amides is 1. The molecule has 0 fully saturated rings. The molecule has 0 aliphatic heterocycles. The third-order valence-electron chi connectivity index (χ3n) is 2.37. The Kier molecular flexibility index (Phi) is 6.35. The van der Waals surface area contributed by atoms with Crippen LogP contribution in [0.25, 0.3) is 0 Å². The van der Waals surface area contributed by atoms with E-state index in [0.29, 0.717) is 13.2 Å². The van der Waals surface area contributed by atoms with Gasteiger partial charge in [-0.05, 0) is 24.6 Å². The van der Waals surface area contributed by atoms with Crippen LogP contribution in [0, 0.1) is 0 Å². The summed E-state index contributed by atoms with van der Waals surface area (Å²) in [5.74, 6) is -0.182. The minimum atomic E-state index is -0.182. The maximum absolute atomic E-state index is 11.6. The van der Waals surface area contributed by atoms with E-state index in [-0.39, 0.29) is 18.6 Å². The van der Waals surface area contributed by atoms with Crippen LogP contribution in [0.2, 0.25) is 0 Å². The normalized spacial score (nSPS) is 12.2. The Morgan fingerprint density at radius 2 is 2.06 bits per heavy atom. The van der Waals surface area contributed by atoms with Gasteiger partial charge in [0.1, 0.15) is 6.61 Å². The Hall–Kier alpha value is -1.43. The summed E-state index contributed by atoms with van der Waals surface area (Å²) >= 11 is 0. The first kappa shape index (κ1) is 14.6. The van der Waals surface area contributed by atoms with Crippen molar-refractivity contribution in [1.29, 1.82) is 0 Å². The quantitative estimate of drug-likeness (QED) is 0.763. The van der Waals surface area contributed by atoms with Gasteiger partial charge in [-0.1, -0.05) is 12.1 Å². The van der Waals surface area contributed by atoms with Crippen LogP contribution in [0.5, 0.6) is 0 Å². The smallest absolute Gasteiger partial charge is 0.250 e. The molecule has 18 heavy (non-hydrogen) atoms. The monoisotopic (exact) mass is 252 g/mol. The van der Waals surface area contributed by atoms with Crippen molar-refractivity contribution < 1.29 is 14.3 Å². The van der Waals surface area contributed by atoms with Gasteiger partial charge in [0.05, 0.1) is 12.7 Å². The molecule has 3 N–H and O–H groups in total. The van der Waals surface area contributed by atoms with Crippen LogP contribution in [0.1, 0.15) is 12.5 Å². The van der Waals surface area contributed by atoms with Gasteiger partial charge in [0.15, 0.2) is 0 Å². The third-order valence-corrected chi connectivity index (χ3v) is 2.37. The molecule has 0 saturated carbocycles. The lowest BCUT2D eigenvalue weighted by molar-refractivity contribution is -0.123. The Balaban J connectivity index is 2.35. The topological polar surface area (TPSA) is 73.6 Å². The molecule has 100 valence electrons. The van der Waals surface area contributed by atoms with Gasteiger partial charge in [0.2, 0.25) is 5.91 Å². The van der Waals surface area contributed by atoms with Crippen LogP contribution in [-0.2, 0) is 20.8 Å². The molecule has 0 saturated heterocycles. The number of hydrogen-bond donors (Lipinski definition) is 2. The summed E-state index contributed by atoms with van der Waals surface area (Å²) in [7, 11) is 1.60. The number of anilines is 1. The fourth-order valence-corrected chi connectivity index (χ4v) is 1.42. The summed E-state index contributed by atoms with van der Waals surface area (Å²) < 4.78 is 10.2. The molecule has 1 unspecified atom stereocenters. The highest BCUT2D eigenvalue weighted by Crippen LogP contribution is 2.08. The Labute approximate surface area is 107 Å². The predicted molar refractivity (Wildman–Crippen MR) is 70.3 cm³/mol. The third kappa shape index (κ3) is 5.27. The number of nitrogens with one attached hydrogen (secondary N) is 1. The van der Waals surface area contributed by atoms with E-state index in [4.69, 9.17) is 15.2 Å². The van der Waals surface area contributed by atoms with E-state index in [9.17, 15) is 4.79 Å². The molecule has 5 nitrogen and oxygen atoms in total. The number of methoxy groups -OCH3 is 1. The van der Waals surface area contributed by atoms with Gasteiger partial charge in [-0.2, -0.15) is 0 Å². The first-order valence-corrected chi connectivity index (χ1v) is 5.85. The second-order valence-corrected chi connectivity index (χ2v) is 4.03. The molecule has 0 bridgehead atoms. The van der Waals surface area contributed by atoms with Crippen molar-refractivity contribution in [3.63, 3.8) is 0 Å². The van der Waals surface area contributed by atoms with Gasteiger partial charge >= 0.3 is 0 Å². The SMILES string of the molecule is COCC(C)OCC(=O)Nc1ccc(CN)cc1. The van der Waals surface area contributed by atoms with Gasteiger partial charge in [-0.3, -0.25) is 4.79 Å². The van der Waals surface area contributed by atoms with Crippen molar-refractivity contribution in [2.24, 2.45) is 5.73 Å². The van der Waals surface area contributed by atoms with Crippen LogP contribution in [0.15, 0.2) is 24.3 Å². The number of benzene rings is 1. The van der Waals surface area contributed by atoms with Crippen molar-refractivity contribution >= 4 is 11.6 Å². The number of nitrogens with two attached hydrogens (primary N) is 1.